The van der Waals surface area contributed by atoms with Crippen molar-refractivity contribution >= 4 is 25.1 Å². The number of nitrogens with zero attached hydrogens (tertiary/aromatic N) is 2. The van der Waals surface area contributed by atoms with Crippen molar-refractivity contribution < 1.29 is 9.22 Å². The predicted octanol–water partition coefficient (Wildman–Crippen LogP) is 4.80. The van der Waals surface area contributed by atoms with Gasteiger partial charge in [0.1, 0.15) is 5.75 Å². The Morgan fingerprint density at radius 3 is 2.46 bits per heavy atom. The van der Waals surface area contributed by atoms with Gasteiger partial charge in [-0.05, 0) is 42.4 Å². The number of hydrogen-bond acceptors (Lipinski definition) is 3. The fraction of sp³-hybridized carbons (Fsp3) is 0.300. The Labute approximate surface area is 155 Å². The molecule has 0 saturated carbocycles. The quantitative estimate of drug-likeness (QED) is 0.674. The second kappa shape index (κ2) is 6.61. The van der Waals surface area contributed by atoms with Gasteiger partial charge in [-0.3, -0.25) is 4.79 Å². The number of aromatic nitrogens is 2. The van der Waals surface area contributed by atoms with E-state index in [0.29, 0.717) is 5.56 Å². The average Bonchev–Trinajstić information content (AvgIpc) is 2.96. The van der Waals surface area contributed by atoms with Crippen molar-refractivity contribution in [3.8, 4) is 5.75 Å². The van der Waals surface area contributed by atoms with Gasteiger partial charge in [-0.15, -0.1) is 0 Å². The van der Waals surface area contributed by atoms with Gasteiger partial charge >= 0.3 is 0 Å². The second-order valence-electron chi connectivity index (χ2n) is 7.95. The summed E-state index contributed by atoms with van der Waals surface area (Å²) in [6, 6.07) is 15.0. The molecule has 136 valence electrons. The number of nitrogens with one attached hydrogen (secondary N) is 1. The van der Waals surface area contributed by atoms with Gasteiger partial charge in [0.05, 0.1) is 11.7 Å². The highest BCUT2D eigenvalue weighted by Gasteiger charge is 2.39. The Hall–Kier alpha value is -2.60. The van der Waals surface area contributed by atoms with Gasteiger partial charge in [0.2, 0.25) is 8.32 Å². The van der Waals surface area contributed by atoms with Crippen LogP contribution in [0.5, 0.6) is 5.75 Å². The third-order valence-electron chi connectivity index (χ3n) is 4.96. The number of carbonyl (C=O) groups excluding carboxylic acids is 1. The Kier molecular flexibility index (Phi) is 4.62. The summed E-state index contributed by atoms with van der Waals surface area (Å²) in [4.78, 5) is 13.9. The first-order chi connectivity index (χ1) is 12.2. The zero-order valence-corrected chi connectivity index (χ0v) is 16.9. The molecule has 3 rings (SSSR count). The molecule has 0 saturated heterocycles. The van der Waals surface area contributed by atoms with Crippen LogP contribution in [0.15, 0.2) is 54.7 Å². The normalized spacial score (nSPS) is 12.2. The number of amides is 1. The molecule has 26 heavy (non-hydrogen) atoms. The highest BCUT2D eigenvalue weighted by molar-refractivity contribution is 6.74. The predicted molar refractivity (Wildman–Crippen MR) is 108 cm³/mol. The highest BCUT2D eigenvalue weighted by Crippen LogP contribution is 2.37. The Morgan fingerprint density at radius 1 is 1.12 bits per heavy atom. The van der Waals surface area contributed by atoms with E-state index in [0.717, 1.165) is 16.7 Å². The molecule has 0 unspecified atom stereocenters. The number of benzene rings is 2. The topological polar surface area (TPSA) is 56.1 Å². The van der Waals surface area contributed by atoms with Crippen LogP contribution in [0.3, 0.4) is 0 Å². The molecule has 0 aliphatic carbocycles. The number of carbonyl (C=O) groups is 1. The summed E-state index contributed by atoms with van der Waals surface area (Å²) in [6.45, 7) is 11.1. The number of rotatable bonds is 4. The van der Waals surface area contributed by atoms with E-state index in [1.165, 1.54) is 4.79 Å². The Bertz CT molecular complexity index is 927. The van der Waals surface area contributed by atoms with Crippen molar-refractivity contribution in [1.82, 2.24) is 9.89 Å². The van der Waals surface area contributed by atoms with E-state index in [-0.39, 0.29) is 10.9 Å². The maximum atomic E-state index is 12.4. The monoisotopic (exact) mass is 367 g/mol. The van der Waals surface area contributed by atoms with Crippen LogP contribution in [0, 0.1) is 0 Å². The van der Waals surface area contributed by atoms with E-state index < -0.39 is 8.32 Å². The smallest absolute Gasteiger partial charge is 0.271 e. The lowest BCUT2D eigenvalue weighted by atomic mass is 10.2. The molecule has 1 aromatic heterocycles. The summed E-state index contributed by atoms with van der Waals surface area (Å²) < 4.78 is 6.37. The molecule has 1 heterocycles. The summed E-state index contributed by atoms with van der Waals surface area (Å²) >= 11 is 0. The van der Waals surface area contributed by atoms with Crippen molar-refractivity contribution in [2.45, 2.75) is 38.9 Å². The molecule has 5 nitrogen and oxygen atoms in total. The molecular weight excluding hydrogens is 342 g/mol. The van der Waals surface area contributed by atoms with Gasteiger partial charge in [-0.25, -0.2) is 5.43 Å². The van der Waals surface area contributed by atoms with Gasteiger partial charge in [-0.1, -0.05) is 39.0 Å². The van der Waals surface area contributed by atoms with Crippen LogP contribution < -0.4 is 9.85 Å². The van der Waals surface area contributed by atoms with Gasteiger partial charge in [-0.2, -0.15) is 9.89 Å². The summed E-state index contributed by atoms with van der Waals surface area (Å²) in [6.07, 6.45) is 1.73. The molecule has 1 amide bonds. The molecule has 0 bridgehead atoms. The SMILES string of the molecule is CC(C)(C)[Si](C)(C)Oc1ccc2cnn(NC(=O)c3ccccc3)c2c1. The molecule has 2 aromatic carbocycles. The largest absolute Gasteiger partial charge is 0.543 e. The van der Waals surface area contributed by atoms with Gasteiger partial charge in [0, 0.05) is 17.0 Å². The lowest BCUT2D eigenvalue weighted by Crippen LogP contribution is -2.43. The van der Waals surface area contributed by atoms with Crippen LogP contribution >= 0.6 is 0 Å². The van der Waals surface area contributed by atoms with Crippen molar-refractivity contribution in [3.05, 3.63) is 60.3 Å². The first-order valence-corrected chi connectivity index (χ1v) is 11.6. The minimum absolute atomic E-state index is 0.115. The van der Waals surface area contributed by atoms with Crippen LogP contribution in [0.1, 0.15) is 31.1 Å². The van der Waals surface area contributed by atoms with Crippen molar-refractivity contribution in [2.75, 3.05) is 5.43 Å². The minimum Gasteiger partial charge on any atom is -0.543 e. The van der Waals surface area contributed by atoms with Crippen molar-refractivity contribution in [1.29, 1.82) is 0 Å². The highest BCUT2D eigenvalue weighted by atomic mass is 28.4. The Morgan fingerprint density at radius 2 is 1.81 bits per heavy atom. The molecule has 0 atom stereocenters. The molecule has 0 spiro atoms. The van der Waals surface area contributed by atoms with Gasteiger partial charge in [0.15, 0.2) is 0 Å². The third kappa shape index (κ3) is 3.65. The fourth-order valence-corrected chi connectivity index (χ4v) is 3.37. The van der Waals surface area contributed by atoms with Gasteiger partial charge in [0.25, 0.3) is 5.91 Å². The average molecular weight is 368 g/mol. The first-order valence-electron chi connectivity index (χ1n) is 8.71. The second-order valence-corrected chi connectivity index (χ2v) is 12.7. The first kappa shape index (κ1) is 18.2. The Balaban J connectivity index is 1.88. The summed E-state index contributed by atoms with van der Waals surface area (Å²) in [5, 5.41) is 5.35. The van der Waals surface area contributed by atoms with E-state index >= 15 is 0 Å². The molecule has 0 fully saturated rings. The van der Waals surface area contributed by atoms with Crippen molar-refractivity contribution in [3.63, 3.8) is 0 Å². The van der Waals surface area contributed by atoms with Crippen LogP contribution in [-0.2, 0) is 0 Å². The molecule has 6 heteroatoms. The molecule has 1 N–H and O–H groups in total. The van der Waals surface area contributed by atoms with E-state index in [1.807, 2.05) is 36.4 Å². The molecule has 0 radical (unpaired) electrons. The standard InChI is InChI=1S/C20H25N3O2Si/c1-20(2,3)26(4,5)25-17-12-11-16-14-21-23(18(16)13-17)22-19(24)15-9-7-6-8-10-15/h6-14H,1-5H3,(H,22,24). The van der Waals surface area contributed by atoms with E-state index in [9.17, 15) is 4.79 Å². The van der Waals surface area contributed by atoms with E-state index in [4.69, 9.17) is 4.43 Å². The van der Waals surface area contributed by atoms with Crippen LogP contribution in [0.25, 0.3) is 10.9 Å². The lowest BCUT2D eigenvalue weighted by Gasteiger charge is -2.36. The maximum Gasteiger partial charge on any atom is 0.271 e. The van der Waals surface area contributed by atoms with Crippen LogP contribution in [0.4, 0.5) is 0 Å². The van der Waals surface area contributed by atoms with E-state index in [1.54, 1.807) is 18.3 Å². The van der Waals surface area contributed by atoms with E-state index in [2.05, 4.69) is 44.4 Å². The summed E-state index contributed by atoms with van der Waals surface area (Å²) in [5.41, 5.74) is 4.22. The van der Waals surface area contributed by atoms with Crippen LogP contribution in [-0.4, -0.2) is 24.1 Å². The molecule has 0 aliphatic rings. The maximum absolute atomic E-state index is 12.4. The molecule has 0 aliphatic heterocycles. The zero-order chi connectivity index (χ0) is 18.9. The summed E-state index contributed by atoms with van der Waals surface area (Å²) in [7, 11) is -1.93. The zero-order valence-electron chi connectivity index (χ0n) is 15.9. The van der Waals surface area contributed by atoms with Crippen LogP contribution in [0.2, 0.25) is 18.1 Å². The molecular formula is C20H25N3O2Si. The van der Waals surface area contributed by atoms with Crippen molar-refractivity contribution in [2.24, 2.45) is 0 Å². The third-order valence-corrected chi connectivity index (χ3v) is 9.32. The number of fused-ring (bicyclic) bond motifs is 1. The summed E-state index contributed by atoms with van der Waals surface area (Å²) in [5.74, 6) is 0.603. The number of hydrogen-bond donors (Lipinski definition) is 1. The minimum atomic E-state index is -1.93. The lowest BCUT2D eigenvalue weighted by molar-refractivity contribution is 0.101. The fourth-order valence-electron chi connectivity index (χ4n) is 2.35. The molecule has 3 aromatic rings. The van der Waals surface area contributed by atoms with Gasteiger partial charge < -0.3 is 4.43 Å².